The second-order valence-corrected chi connectivity index (χ2v) is 3.58. The molecule has 0 saturated carbocycles. The first-order valence-electron chi connectivity index (χ1n) is 5.41. The van der Waals surface area contributed by atoms with Crippen LogP contribution in [0.2, 0.25) is 0 Å². The summed E-state index contributed by atoms with van der Waals surface area (Å²) in [4.78, 5) is 21.7. The van der Waals surface area contributed by atoms with E-state index in [-0.39, 0.29) is 24.0 Å². The van der Waals surface area contributed by atoms with Gasteiger partial charge in [-0.3, -0.25) is 14.8 Å². The molecule has 7 heteroatoms. The highest BCUT2D eigenvalue weighted by molar-refractivity contribution is 5.91. The first-order valence-corrected chi connectivity index (χ1v) is 5.41. The fraction of sp³-hybridized carbons (Fsp3) is 0.600. The van der Waals surface area contributed by atoms with E-state index < -0.39 is 10.9 Å². The SMILES string of the molecule is CCOC(=O)c1nn(C(C)CC)cc1[N+](=O)[O-]. The van der Waals surface area contributed by atoms with E-state index in [1.54, 1.807) is 6.92 Å². The number of carbonyl (C=O) groups is 1. The molecule has 94 valence electrons. The van der Waals surface area contributed by atoms with Gasteiger partial charge >= 0.3 is 11.7 Å². The van der Waals surface area contributed by atoms with Crippen molar-refractivity contribution in [2.45, 2.75) is 33.2 Å². The van der Waals surface area contributed by atoms with Crippen molar-refractivity contribution in [2.24, 2.45) is 0 Å². The lowest BCUT2D eigenvalue weighted by Crippen LogP contribution is -2.10. The molecular formula is C10H15N3O4. The van der Waals surface area contributed by atoms with Crippen molar-refractivity contribution < 1.29 is 14.5 Å². The molecule has 0 amide bonds. The van der Waals surface area contributed by atoms with Crippen LogP contribution in [-0.2, 0) is 4.74 Å². The first kappa shape index (κ1) is 13.1. The summed E-state index contributed by atoms with van der Waals surface area (Å²) < 4.78 is 6.15. The lowest BCUT2D eigenvalue weighted by atomic mass is 10.3. The summed E-state index contributed by atoms with van der Waals surface area (Å²) in [5.74, 6) is -0.763. The zero-order valence-electron chi connectivity index (χ0n) is 10.0. The molecule has 1 aromatic rings. The lowest BCUT2D eigenvalue weighted by molar-refractivity contribution is -0.385. The van der Waals surface area contributed by atoms with Crippen molar-refractivity contribution in [3.05, 3.63) is 22.0 Å². The monoisotopic (exact) mass is 241 g/mol. The molecule has 1 rings (SSSR count). The number of hydrogen-bond acceptors (Lipinski definition) is 5. The van der Waals surface area contributed by atoms with Crippen molar-refractivity contribution in [1.82, 2.24) is 9.78 Å². The second kappa shape index (κ2) is 5.42. The molecule has 1 aromatic heterocycles. The van der Waals surface area contributed by atoms with Crippen LogP contribution >= 0.6 is 0 Å². The molecule has 0 aliphatic rings. The zero-order valence-corrected chi connectivity index (χ0v) is 10.0. The highest BCUT2D eigenvalue weighted by Gasteiger charge is 2.27. The predicted octanol–water partition coefficient (Wildman–Crippen LogP) is 1.94. The van der Waals surface area contributed by atoms with Gasteiger partial charge in [0.25, 0.3) is 0 Å². The van der Waals surface area contributed by atoms with Crippen LogP contribution in [0.3, 0.4) is 0 Å². The number of aromatic nitrogens is 2. The van der Waals surface area contributed by atoms with Crippen LogP contribution in [-0.4, -0.2) is 27.3 Å². The molecular weight excluding hydrogens is 226 g/mol. The molecule has 0 aromatic carbocycles. The average molecular weight is 241 g/mol. The van der Waals surface area contributed by atoms with Crippen molar-refractivity contribution in [2.75, 3.05) is 6.61 Å². The smallest absolute Gasteiger partial charge is 0.366 e. The van der Waals surface area contributed by atoms with E-state index in [0.29, 0.717) is 0 Å². The quantitative estimate of drug-likeness (QED) is 0.446. The zero-order chi connectivity index (χ0) is 13.0. The molecule has 0 radical (unpaired) electrons. The number of carbonyl (C=O) groups excluding carboxylic acids is 1. The van der Waals surface area contributed by atoms with Gasteiger partial charge in [0.05, 0.1) is 11.5 Å². The molecule has 17 heavy (non-hydrogen) atoms. The minimum Gasteiger partial charge on any atom is -0.461 e. The van der Waals surface area contributed by atoms with Gasteiger partial charge in [-0.05, 0) is 20.3 Å². The van der Waals surface area contributed by atoms with E-state index in [9.17, 15) is 14.9 Å². The fourth-order valence-electron chi connectivity index (χ4n) is 1.27. The number of esters is 1. The molecule has 0 aliphatic carbocycles. The molecule has 0 bridgehead atoms. The van der Waals surface area contributed by atoms with Crippen LogP contribution in [0.25, 0.3) is 0 Å². The maximum absolute atomic E-state index is 11.5. The van der Waals surface area contributed by atoms with Crippen LogP contribution in [0.15, 0.2) is 6.20 Å². The Morgan fingerprint density at radius 2 is 2.29 bits per heavy atom. The summed E-state index contributed by atoms with van der Waals surface area (Å²) >= 11 is 0. The number of rotatable bonds is 5. The lowest BCUT2D eigenvalue weighted by Gasteiger charge is -2.06. The summed E-state index contributed by atoms with van der Waals surface area (Å²) in [6.45, 7) is 5.59. The van der Waals surface area contributed by atoms with Crippen LogP contribution in [0.4, 0.5) is 5.69 Å². The van der Waals surface area contributed by atoms with Gasteiger partial charge in [-0.2, -0.15) is 5.10 Å². The molecule has 1 atom stereocenters. The normalized spacial score (nSPS) is 12.2. The summed E-state index contributed by atoms with van der Waals surface area (Å²) in [5, 5.41) is 14.7. The van der Waals surface area contributed by atoms with Gasteiger partial charge < -0.3 is 4.74 Å². The van der Waals surface area contributed by atoms with Crippen molar-refractivity contribution in [3.8, 4) is 0 Å². The maximum atomic E-state index is 11.5. The Morgan fingerprint density at radius 1 is 1.65 bits per heavy atom. The Hall–Kier alpha value is -1.92. The number of hydrogen-bond donors (Lipinski definition) is 0. The third-order valence-corrected chi connectivity index (χ3v) is 2.42. The van der Waals surface area contributed by atoms with Gasteiger partial charge in [0, 0.05) is 6.04 Å². The number of nitrogens with zero attached hydrogens (tertiary/aromatic N) is 3. The first-order chi connectivity index (χ1) is 8.01. The number of ether oxygens (including phenoxy) is 1. The summed E-state index contributed by atoms with van der Waals surface area (Å²) in [5.41, 5.74) is -0.555. The topological polar surface area (TPSA) is 87.3 Å². The Bertz CT molecular complexity index is 427. The minimum atomic E-state index is -0.763. The Kier molecular flexibility index (Phi) is 4.19. The Morgan fingerprint density at radius 3 is 2.76 bits per heavy atom. The average Bonchev–Trinajstić information content (AvgIpc) is 2.73. The third-order valence-electron chi connectivity index (χ3n) is 2.42. The molecule has 0 N–H and O–H groups in total. The summed E-state index contributed by atoms with van der Waals surface area (Å²) in [6, 6.07) is -0.00289. The highest BCUT2D eigenvalue weighted by Crippen LogP contribution is 2.21. The molecule has 0 saturated heterocycles. The van der Waals surface area contributed by atoms with Gasteiger partial charge in [-0.25, -0.2) is 4.79 Å². The summed E-state index contributed by atoms with van der Waals surface area (Å²) in [6.07, 6.45) is 2.03. The van der Waals surface area contributed by atoms with E-state index in [2.05, 4.69) is 5.10 Å². The number of nitro groups is 1. The van der Waals surface area contributed by atoms with Gasteiger partial charge in [-0.15, -0.1) is 0 Å². The highest BCUT2D eigenvalue weighted by atomic mass is 16.6. The van der Waals surface area contributed by atoms with Gasteiger partial charge in [0.2, 0.25) is 5.69 Å². The van der Waals surface area contributed by atoms with E-state index >= 15 is 0 Å². The Labute approximate surface area is 98.5 Å². The minimum absolute atomic E-state index is 0.00289. The molecule has 1 unspecified atom stereocenters. The standard InChI is InChI=1S/C10H15N3O4/c1-4-7(3)12-6-8(13(15)16)9(11-12)10(14)17-5-2/h6-7H,4-5H2,1-3H3. The molecule has 0 aliphatic heterocycles. The van der Waals surface area contributed by atoms with Crippen LogP contribution < -0.4 is 0 Å². The summed E-state index contributed by atoms with van der Waals surface area (Å²) in [7, 11) is 0. The van der Waals surface area contributed by atoms with Crippen molar-refractivity contribution >= 4 is 11.7 Å². The van der Waals surface area contributed by atoms with E-state index in [1.807, 2.05) is 13.8 Å². The van der Waals surface area contributed by atoms with Crippen LogP contribution in [0.5, 0.6) is 0 Å². The second-order valence-electron chi connectivity index (χ2n) is 3.58. The van der Waals surface area contributed by atoms with E-state index in [1.165, 1.54) is 10.9 Å². The predicted molar refractivity (Wildman–Crippen MR) is 59.8 cm³/mol. The van der Waals surface area contributed by atoms with Gasteiger partial charge in [0.1, 0.15) is 6.20 Å². The molecule has 1 heterocycles. The molecule has 0 fully saturated rings. The largest absolute Gasteiger partial charge is 0.461 e. The van der Waals surface area contributed by atoms with E-state index in [4.69, 9.17) is 4.74 Å². The van der Waals surface area contributed by atoms with Gasteiger partial charge in [-0.1, -0.05) is 6.92 Å². The molecule has 0 spiro atoms. The van der Waals surface area contributed by atoms with Gasteiger partial charge in [0.15, 0.2) is 0 Å². The van der Waals surface area contributed by atoms with Crippen LogP contribution in [0, 0.1) is 10.1 Å². The Balaban J connectivity index is 3.14. The fourth-order valence-corrected chi connectivity index (χ4v) is 1.27. The van der Waals surface area contributed by atoms with Crippen molar-refractivity contribution in [1.29, 1.82) is 0 Å². The van der Waals surface area contributed by atoms with Crippen LogP contribution in [0.1, 0.15) is 43.7 Å². The third kappa shape index (κ3) is 2.80. The van der Waals surface area contributed by atoms with Crippen molar-refractivity contribution in [3.63, 3.8) is 0 Å². The van der Waals surface area contributed by atoms with E-state index in [0.717, 1.165) is 6.42 Å². The maximum Gasteiger partial charge on any atom is 0.366 e. The molecule has 7 nitrogen and oxygen atoms in total.